The van der Waals surface area contributed by atoms with E-state index in [0.29, 0.717) is 31.1 Å². The van der Waals surface area contributed by atoms with Crippen molar-refractivity contribution in [2.45, 2.75) is 24.8 Å². The molecule has 3 aromatic carbocycles. The first-order valence-electron chi connectivity index (χ1n) is 10.5. The minimum Gasteiger partial charge on any atom is -0.325 e. The fourth-order valence-corrected chi connectivity index (χ4v) is 5.29. The van der Waals surface area contributed by atoms with Crippen LogP contribution in [0.4, 0.5) is 5.69 Å². The summed E-state index contributed by atoms with van der Waals surface area (Å²) in [4.78, 5) is 15.1. The molecule has 0 aromatic heterocycles. The molecule has 4 rings (SSSR count). The molecule has 0 aliphatic carbocycles. The van der Waals surface area contributed by atoms with Crippen LogP contribution in [0.3, 0.4) is 0 Å². The van der Waals surface area contributed by atoms with Gasteiger partial charge in [-0.2, -0.15) is 4.31 Å². The van der Waals surface area contributed by atoms with Gasteiger partial charge in [0.25, 0.3) is 0 Å². The highest BCUT2D eigenvalue weighted by Crippen LogP contribution is 2.21. The highest BCUT2D eigenvalue weighted by Gasteiger charge is 2.31. The standard InChI is InChI=1S/C24H27N3O3S/c1-18-7-11-23(12-8-18)31(29,30)27-15-13-26(14-16-27)19(2)24(28)25-22-10-9-20-5-3-4-6-21(20)17-22/h3-12,17,19H,13-16H2,1-2H3,(H,25,28). The molecule has 6 nitrogen and oxygen atoms in total. The van der Waals surface area contributed by atoms with Gasteiger partial charge in [0.05, 0.1) is 10.9 Å². The Morgan fingerprint density at radius 1 is 0.903 bits per heavy atom. The monoisotopic (exact) mass is 437 g/mol. The summed E-state index contributed by atoms with van der Waals surface area (Å²) >= 11 is 0. The zero-order chi connectivity index (χ0) is 22.0. The van der Waals surface area contributed by atoms with E-state index in [2.05, 4.69) is 5.32 Å². The van der Waals surface area contributed by atoms with Gasteiger partial charge in [0.2, 0.25) is 15.9 Å². The van der Waals surface area contributed by atoms with Crippen molar-refractivity contribution in [3.05, 3.63) is 72.3 Å². The Bertz CT molecular complexity index is 1180. The smallest absolute Gasteiger partial charge is 0.243 e. The average Bonchev–Trinajstić information content (AvgIpc) is 2.79. The lowest BCUT2D eigenvalue weighted by Gasteiger charge is -2.36. The van der Waals surface area contributed by atoms with Crippen LogP contribution in [0.2, 0.25) is 0 Å². The summed E-state index contributed by atoms with van der Waals surface area (Å²) in [6.45, 7) is 5.54. The van der Waals surface area contributed by atoms with Gasteiger partial charge in [-0.05, 0) is 48.9 Å². The number of amides is 1. The van der Waals surface area contributed by atoms with E-state index in [1.165, 1.54) is 4.31 Å². The van der Waals surface area contributed by atoms with E-state index in [-0.39, 0.29) is 11.9 Å². The van der Waals surface area contributed by atoms with Crippen molar-refractivity contribution in [2.24, 2.45) is 0 Å². The first-order chi connectivity index (χ1) is 14.8. The third kappa shape index (κ3) is 4.63. The minimum atomic E-state index is -3.51. The van der Waals surface area contributed by atoms with Crippen LogP contribution >= 0.6 is 0 Å². The van der Waals surface area contributed by atoms with Gasteiger partial charge in [0.1, 0.15) is 0 Å². The number of anilines is 1. The molecule has 1 saturated heterocycles. The van der Waals surface area contributed by atoms with Crippen molar-refractivity contribution in [3.8, 4) is 0 Å². The van der Waals surface area contributed by atoms with Crippen molar-refractivity contribution >= 4 is 32.4 Å². The van der Waals surface area contributed by atoms with E-state index in [1.807, 2.05) is 73.3 Å². The molecule has 1 aliphatic heterocycles. The quantitative estimate of drug-likeness (QED) is 0.664. The van der Waals surface area contributed by atoms with Crippen LogP contribution in [-0.4, -0.2) is 55.8 Å². The summed E-state index contributed by atoms with van der Waals surface area (Å²) in [7, 11) is -3.51. The van der Waals surface area contributed by atoms with E-state index in [9.17, 15) is 13.2 Å². The normalized spacial score (nSPS) is 16.8. The molecule has 31 heavy (non-hydrogen) atoms. The SMILES string of the molecule is Cc1ccc(S(=O)(=O)N2CCN(C(C)C(=O)Nc3ccc4ccccc4c3)CC2)cc1. The largest absolute Gasteiger partial charge is 0.325 e. The predicted molar refractivity (Wildman–Crippen MR) is 124 cm³/mol. The van der Waals surface area contributed by atoms with Gasteiger partial charge in [-0.15, -0.1) is 0 Å². The first-order valence-corrected chi connectivity index (χ1v) is 11.9. The summed E-state index contributed by atoms with van der Waals surface area (Å²) in [6, 6.07) is 20.4. The lowest BCUT2D eigenvalue weighted by Crippen LogP contribution is -2.53. The summed E-state index contributed by atoms with van der Waals surface area (Å²) in [5.74, 6) is -0.0925. The molecule has 1 amide bonds. The van der Waals surface area contributed by atoms with Crippen LogP contribution in [-0.2, 0) is 14.8 Å². The molecule has 3 aromatic rings. The predicted octanol–water partition coefficient (Wildman–Crippen LogP) is 3.48. The Morgan fingerprint density at radius 3 is 2.23 bits per heavy atom. The number of aryl methyl sites for hydroxylation is 1. The number of hydrogen-bond donors (Lipinski definition) is 1. The molecule has 0 radical (unpaired) electrons. The Labute approximate surface area is 183 Å². The molecule has 162 valence electrons. The zero-order valence-electron chi connectivity index (χ0n) is 17.8. The Balaban J connectivity index is 1.37. The third-order valence-corrected chi connectivity index (χ3v) is 7.79. The maximum Gasteiger partial charge on any atom is 0.243 e. The second-order valence-electron chi connectivity index (χ2n) is 7.98. The molecular formula is C24H27N3O3S. The number of nitrogens with zero attached hydrogens (tertiary/aromatic N) is 2. The van der Waals surface area contributed by atoms with Gasteiger partial charge in [-0.25, -0.2) is 8.42 Å². The number of benzene rings is 3. The number of carbonyl (C=O) groups is 1. The van der Waals surface area contributed by atoms with Crippen LogP contribution in [0.15, 0.2) is 71.6 Å². The number of rotatable bonds is 5. The molecular weight excluding hydrogens is 410 g/mol. The van der Waals surface area contributed by atoms with Crippen LogP contribution in [0.1, 0.15) is 12.5 Å². The van der Waals surface area contributed by atoms with Crippen molar-refractivity contribution in [1.82, 2.24) is 9.21 Å². The molecule has 1 fully saturated rings. The van der Waals surface area contributed by atoms with E-state index >= 15 is 0 Å². The van der Waals surface area contributed by atoms with Crippen LogP contribution in [0.25, 0.3) is 10.8 Å². The lowest BCUT2D eigenvalue weighted by molar-refractivity contribution is -0.121. The molecule has 1 heterocycles. The second kappa shape index (κ2) is 8.78. The summed E-state index contributed by atoms with van der Waals surface area (Å²) in [6.07, 6.45) is 0. The summed E-state index contributed by atoms with van der Waals surface area (Å²) in [5.41, 5.74) is 1.78. The van der Waals surface area contributed by atoms with Crippen molar-refractivity contribution in [2.75, 3.05) is 31.5 Å². The third-order valence-electron chi connectivity index (χ3n) is 5.88. The van der Waals surface area contributed by atoms with Gasteiger partial charge < -0.3 is 5.32 Å². The van der Waals surface area contributed by atoms with Gasteiger partial charge in [0, 0.05) is 31.9 Å². The fraction of sp³-hybridized carbons (Fsp3) is 0.292. The lowest BCUT2D eigenvalue weighted by atomic mass is 10.1. The van der Waals surface area contributed by atoms with Crippen molar-refractivity contribution in [3.63, 3.8) is 0 Å². The number of carbonyl (C=O) groups excluding carboxylic acids is 1. The van der Waals surface area contributed by atoms with Crippen molar-refractivity contribution < 1.29 is 13.2 Å². The zero-order valence-corrected chi connectivity index (χ0v) is 18.6. The summed E-state index contributed by atoms with van der Waals surface area (Å²) < 4.78 is 27.3. The number of sulfonamides is 1. The minimum absolute atomic E-state index is 0.0925. The Morgan fingerprint density at radius 2 is 1.55 bits per heavy atom. The van der Waals surface area contributed by atoms with Gasteiger partial charge >= 0.3 is 0 Å². The van der Waals surface area contributed by atoms with Crippen LogP contribution in [0.5, 0.6) is 0 Å². The number of hydrogen-bond acceptors (Lipinski definition) is 4. The molecule has 1 aliphatic rings. The van der Waals surface area contributed by atoms with E-state index in [1.54, 1.807) is 12.1 Å². The summed E-state index contributed by atoms with van der Waals surface area (Å²) in [5, 5.41) is 5.19. The van der Waals surface area contributed by atoms with E-state index in [4.69, 9.17) is 0 Å². The first kappa shape index (κ1) is 21.5. The molecule has 7 heteroatoms. The van der Waals surface area contributed by atoms with Gasteiger partial charge in [-0.1, -0.05) is 48.0 Å². The van der Waals surface area contributed by atoms with Crippen LogP contribution in [0, 0.1) is 6.92 Å². The van der Waals surface area contributed by atoms with Crippen LogP contribution < -0.4 is 5.32 Å². The van der Waals surface area contributed by atoms with Gasteiger partial charge in [0.15, 0.2) is 0 Å². The highest BCUT2D eigenvalue weighted by molar-refractivity contribution is 7.89. The molecule has 0 bridgehead atoms. The second-order valence-corrected chi connectivity index (χ2v) is 9.92. The molecule has 1 N–H and O–H groups in total. The van der Waals surface area contributed by atoms with Crippen molar-refractivity contribution in [1.29, 1.82) is 0 Å². The molecule has 1 unspecified atom stereocenters. The Hall–Kier alpha value is -2.74. The topological polar surface area (TPSA) is 69.7 Å². The maximum atomic E-state index is 12.9. The maximum absolute atomic E-state index is 12.9. The number of piperazine rings is 1. The van der Waals surface area contributed by atoms with E-state index in [0.717, 1.165) is 22.0 Å². The average molecular weight is 438 g/mol. The van der Waals surface area contributed by atoms with E-state index < -0.39 is 10.0 Å². The Kier molecular flexibility index (Phi) is 6.09. The number of fused-ring (bicyclic) bond motifs is 1. The molecule has 0 saturated carbocycles. The number of nitrogens with one attached hydrogen (secondary N) is 1. The fourth-order valence-electron chi connectivity index (χ4n) is 3.87. The molecule has 0 spiro atoms. The molecule has 1 atom stereocenters. The van der Waals surface area contributed by atoms with Gasteiger partial charge in [-0.3, -0.25) is 9.69 Å². The highest BCUT2D eigenvalue weighted by atomic mass is 32.2.